The maximum absolute atomic E-state index is 12.9. The Morgan fingerprint density at radius 3 is 2.06 bits per heavy atom. The zero-order valence-corrected chi connectivity index (χ0v) is 21.3. The number of ether oxygens (including phenoxy) is 1. The van der Waals surface area contributed by atoms with E-state index in [1.165, 1.54) is 0 Å². The van der Waals surface area contributed by atoms with Gasteiger partial charge in [-0.15, -0.1) is 0 Å². The van der Waals surface area contributed by atoms with E-state index in [0.717, 1.165) is 16.7 Å². The third-order valence-corrected chi connectivity index (χ3v) is 7.46. The van der Waals surface area contributed by atoms with Crippen LogP contribution in [0.4, 0.5) is 5.88 Å². The van der Waals surface area contributed by atoms with Crippen molar-refractivity contribution in [3.63, 3.8) is 0 Å². The van der Waals surface area contributed by atoms with Crippen LogP contribution in [0.2, 0.25) is 0 Å². The summed E-state index contributed by atoms with van der Waals surface area (Å²) in [6.07, 6.45) is -0.217. The molecule has 0 atom stereocenters. The van der Waals surface area contributed by atoms with Crippen molar-refractivity contribution in [2.24, 2.45) is 0 Å². The molecule has 0 unspecified atom stereocenters. The lowest BCUT2D eigenvalue weighted by Crippen LogP contribution is -2.29. The van der Waals surface area contributed by atoms with E-state index in [4.69, 9.17) is 9.26 Å². The molecule has 2 N–H and O–H groups in total. The maximum atomic E-state index is 12.9. The van der Waals surface area contributed by atoms with Gasteiger partial charge in [0, 0.05) is 18.0 Å². The molecule has 182 valence electrons. The van der Waals surface area contributed by atoms with Crippen LogP contribution in [0, 0.1) is 34.6 Å². The molecule has 1 aromatic heterocycles. The fourth-order valence-electron chi connectivity index (χ4n) is 3.31. The average Bonchev–Trinajstić information content (AvgIpc) is 3.18. The molecule has 0 radical (unpaired) electrons. The number of sulfonamides is 1. The van der Waals surface area contributed by atoms with Gasteiger partial charge in [0.2, 0.25) is 15.9 Å². The normalized spacial score (nSPS) is 12.0. The number of carbonyl (C=O) groups is 2. The molecule has 9 nitrogen and oxygen atoms in total. The molecule has 0 bridgehead atoms. The summed E-state index contributed by atoms with van der Waals surface area (Å²) in [6.45, 7) is 14.5. The third-order valence-electron chi connectivity index (χ3n) is 5.73. The van der Waals surface area contributed by atoms with Gasteiger partial charge in [-0.25, -0.2) is 13.1 Å². The Hall–Kier alpha value is -2.72. The molecule has 10 heteroatoms. The maximum Gasteiger partial charge on any atom is 0.307 e. The second-order valence-corrected chi connectivity index (χ2v) is 10.8. The highest BCUT2D eigenvalue weighted by molar-refractivity contribution is 7.89. The zero-order valence-electron chi connectivity index (χ0n) is 20.5. The van der Waals surface area contributed by atoms with E-state index in [1.54, 1.807) is 19.9 Å². The van der Waals surface area contributed by atoms with Gasteiger partial charge >= 0.3 is 5.97 Å². The van der Waals surface area contributed by atoms with E-state index in [1.807, 2.05) is 41.5 Å². The van der Waals surface area contributed by atoms with Gasteiger partial charge in [-0.1, -0.05) is 25.9 Å². The first-order valence-corrected chi connectivity index (χ1v) is 12.1. The summed E-state index contributed by atoms with van der Waals surface area (Å²) in [5.41, 5.74) is 4.71. The monoisotopic (exact) mass is 479 g/mol. The van der Waals surface area contributed by atoms with Crippen LogP contribution in [0.15, 0.2) is 15.5 Å². The number of esters is 1. The van der Waals surface area contributed by atoms with Crippen molar-refractivity contribution in [1.29, 1.82) is 0 Å². The van der Waals surface area contributed by atoms with Gasteiger partial charge in [0.25, 0.3) is 5.91 Å². The van der Waals surface area contributed by atoms with Crippen LogP contribution in [0.25, 0.3) is 0 Å². The summed E-state index contributed by atoms with van der Waals surface area (Å²) < 4.78 is 38.2. The summed E-state index contributed by atoms with van der Waals surface area (Å²) in [6, 6.07) is 1.60. The van der Waals surface area contributed by atoms with Crippen molar-refractivity contribution in [3.05, 3.63) is 39.6 Å². The number of benzene rings is 1. The van der Waals surface area contributed by atoms with Gasteiger partial charge in [-0.2, -0.15) is 0 Å². The minimum absolute atomic E-state index is 0.148. The molecule has 0 fully saturated rings. The summed E-state index contributed by atoms with van der Waals surface area (Å²) in [7, 11) is -3.82. The van der Waals surface area contributed by atoms with Gasteiger partial charge in [-0.05, 0) is 62.4 Å². The Morgan fingerprint density at radius 2 is 1.55 bits per heavy atom. The van der Waals surface area contributed by atoms with Crippen molar-refractivity contribution >= 4 is 27.8 Å². The number of anilines is 1. The first kappa shape index (κ1) is 26.5. The van der Waals surface area contributed by atoms with E-state index < -0.39 is 28.5 Å². The molecule has 0 aliphatic carbocycles. The van der Waals surface area contributed by atoms with Crippen LogP contribution in [0.5, 0.6) is 0 Å². The van der Waals surface area contributed by atoms with Gasteiger partial charge in [0.15, 0.2) is 6.61 Å². The first-order valence-electron chi connectivity index (χ1n) is 10.6. The van der Waals surface area contributed by atoms with Crippen molar-refractivity contribution < 1.29 is 27.3 Å². The van der Waals surface area contributed by atoms with E-state index in [2.05, 4.69) is 15.2 Å². The van der Waals surface area contributed by atoms with Gasteiger partial charge in [0.05, 0.1) is 17.0 Å². The molecule has 1 aromatic carbocycles. The molecule has 33 heavy (non-hydrogen) atoms. The third kappa shape index (κ3) is 6.42. The fraction of sp³-hybridized carbons (Fsp3) is 0.522. The predicted molar refractivity (Wildman–Crippen MR) is 125 cm³/mol. The fourth-order valence-corrected chi connectivity index (χ4v) is 4.94. The predicted octanol–water partition coefficient (Wildman–Crippen LogP) is 3.36. The second-order valence-electron chi connectivity index (χ2n) is 9.14. The van der Waals surface area contributed by atoms with Crippen LogP contribution in [-0.2, 0) is 29.8 Å². The molecule has 1 amide bonds. The number of rotatable bonds is 8. The second kappa shape index (κ2) is 10.0. The minimum atomic E-state index is -3.82. The topological polar surface area (TPSA) is 128 Å². The highest BCUT2D eigenvalue weighted by Gasteiger charge is 2.24. The van der Waals surface area contributed by atoms with Crippen LogP contribution >= 0.6 is 0 Å². The number of nitrogens with zero attached hydrogens (tertiary/aromatic N) is 1. The summed E-state index contributed by atoms with van der Waals surface area (Å²) >= 11 is 0. The number of nitrogens with one attached hydrogen (secondary N) is 2. The van der Waals surface area contributed by atoms with Gasteiger partial charge in [0.1, 0.15) is 0 Å². The number of hydrogen-bond acceptors (Lipinski definition) is 7. The van der Waals surface area contributed by atoms with Gasteiger partial charge in [-0.3, -0.25) is 14.9 Å². The molecule has 2 rings (SSSR count). The van der Waals surface area contributed by atoms with Crippen molar-refractivity contribution in [2.45, 2.75) is 72.1 Å². The Bertz CT molecular complexity index is 1130. The Kier molecular flexibility index (Phi) is 8.08. The molecule has 2 aromatic rings. The molecular formula is C23H33N3O6S. The van der Waals surface area contributed by atoms with E-state index in [-0.39, 0.29) is 29.2 Å². The highest BCUT2D eigenvalue weighted by Crippen LogP contribution is 2.29. The molecule has 0 aliphatic heterocycles. The number of carbonyl (C=O) groups excluding carboxylic acids is 2. The van der Waals surface area contributed by atoms with Crippen molar-refractivity contribution in [2.75, 3.05) is 18.5 Å². The SMILES string of the molecule is Cc1c(C)c(C)c(S(=O)(=O)NCCC(=O)OCC(=O)Nc2cc(C(C)(C)C)no2)c(C)c1C. The summed E-state index contributed by atoms with van der Waals surface area (Å²) in [5.74, 6) is -1.13. The van der Waals surface area contributed by atoms with Crippen LogP contribution < -0.4 is 10.0 Å². The minimum Gasteiger partial charge on any atom is -0.456 e. The molecular weight excluding hydrogens is 446 g/mol. The standard InChI is InChI=1S/C23H33N3O6S/c1-13-14(2)16(4)22(17(5)15(13)3)33(29,30)24-10-9-21(28)31-12-19(27)25-20-11-18(26-32-20)23(6,7)8/h11,24H,9-10,12H2,1-8H3,(H,25,27). The number of hydrogen-bond donors (Lipinski definition) is 2. The van der Waals surface area contributed by atoms with E-state index in [0.29, 0.717) is 16.8 Å². The molecule has 0 spiro atoms. The van der Waals surface area contributed by atoms with Crippen molar-refractivity contribution in [1.82, 2.24) is 9.88 Å². The average molecular weight is 480 g/mol. The Morgan fingerprint density at radius 1 is 1.00 bits per heavy atom. The van der Waals surface area contributed by atoms with Crippen molar-refractivity contribution in [3.8, 4) is 0 Å². The van der Waals surface area contributed by atoms with Crippen LogP contribution in [-0.4, -0.2) is 38.6 Å². The smallest absolute Gasteiger partial charge is 0.307 e. The molecule has 0 saturated carbocycles. The number of amides is 1. The van der Waals surface area contributed by atoms with Crippen LogP contribution in [0.1, 0.15) is 60.7 Å². The Labute approximate surface area is 195 Å². The van der Waals surface area contributed by atoms with Gasteiger partial charge < -0.3 is 9.26 Å². The molecule has 0 aliphatic rings. The summed E-state index contributed by atoms with van der Waals surface area (Å²) in [5, 5.41) is 6.35. The largest absolute Gasteiger partial charge is 0.456 e. The zero-order chi connectivity index (χ0) is 25.1. The van der Waals surface area contributed by atoms with Crippen LogP contribution in [0.3, 0.4) is 0 Å². The van der Waals surface area contributed by atoms with E-state index >= 15 is 0 Å². The summed E-state index contributed by atoms with van der Waals surface area (Å²) in [4.78, 5) is 24.2. The lowest BCUT2D eigenvalue weighted by Gasteiger charge is -2.19. The van der Waals surface area contributed by atoms with E-state index in [9.17, 15) is 18.0 Å². The quantitative estimate of drug-likeness (QED) is 0.556. The molecule has 0 saturated heterocycles. The number of aromatic nitrogens is 1. The molecule has 1 heterocycles. The highest BCUT2D eigenvalue weighted by atomic mass is 32.2. The Balaban J connectivity index is 1.88. The first-order chi connectivity index (χ1) is 15.1. The lowest BCUT2D eigenvalue weighted by molar-refractivity contribution is -0.147. The lowest BCUT2D eigenvalue weighted by atomic mass is 9.92.